The van der Waals surface area contributed by atoms with Gasteiger partial charge >= 0.3 is 6.03 Å². The van der Waals surface area contributed by atoms with Crippen molar-refractivity contribution in [2.24, 2.45) is 7.05 Å². The van der Waals surface area contributed by atoms with Crippen LogP contribution in [-0.2, 0) is 13.6 Å². The number of anilines is 2. The molecule has 0 aliphatic carbocycles. The number of furan rings is 1. The number of nitrogens with zero attached hydrogens (tertiary/aromatic N) is 3. The Morgan fingerprint density at radius 3 is 2.67 bits per heavy atom. The van der Waals surface area contributed by atoms with Gasteiger partial charge in [-0.2, -0.15) is 0 Å². The van der Waals surface area contributed by atoms with Gasteiger partial charge in [0.05, 0.1) is 6.54 Å². The molecule has 138 valence electrons. The topological polar surface area (TPSA) is 83.5 Å². The summed E-state index contributed by atoms with van der Waals surface area (Å²) in [5, 5.41) is 11.6. The van der Waals surface area contributed by atoms with E-state index >= 15 is 0 Å². The van der Waals surface area contributed by atoms with Crippen molar-refractivity contribution in [3.05, 3.63) is 65.9 Å². The van der Waals surface area contributed by atoms with Gasteiger partial charge in [-0.05, 0) is 43.3 Å². The lowest BCUT2D eigenvalue weighted by Gasteiger charge is -2.21. The molecule has 0 atom stereocenters. The van der Waals surface area contributed by atoms with Gasteiger partial charge in [-0.1, -0.05) is 11.8 Å². The Hall–Kier alpha value is -3.50. The van der Waals surface area contributed by atoms with Gasteiger partial charge in [0.25, 0.3) is 0 Å². The molecular weight excluding hydrogens is 344 g/mol. The SMILES string of the molecule is Cc1ccc(CN(C(=O)Nc2ccc(C#CCO)cc2)c2nccn2C)o1. The van der Waals surface area contributed by atoms with E-state index in [0.29, 0.717) is 17.4 Å². The number of rotatable bonds is 4. The van der Waals surface area contributed by atoms with Crippen LogP contribution in [0.15, 0.2) is 53.2 Å². The average Bonchev–Trinajstić information content (AvgIpc) is 3.27. The van der Waals surface area contributed by atoms with Crippen molar-refractivity contribution in [1.82, 2.24) is 9.55 Å². The second kappa shape index (κ2) is 8.25. The zero-order valence-electron chi connectivity index (χ0n) is 15.1. The minimum atomic E-state index is -0.326. The lowest BCUT2D eigenvalue weighted by atomic mass is 10.2. The molecule has 2 aromatic heterocycles. The maximum atomic E-state index is 12.9. The molecule has 3 aromatic rings. The fraction of sp³-hybridized carbons (Fsp3) is 0.200. The summed E-state index contributed by atoms with van der Waals surface area (Å²) in [5.41, 5.74) is 1.39. The van der Waals surface area contributed by atoms with E-state index in [2.05, 4.69) is 22.1 Å². The van der Waals surface area contributed by atoms with E-state index in [1.54, 1.807) is 41.2 Å². The van der Waals surface area contributed by atoms with Crippen molar-refractivity contribution < 1.29 is 14.3 Å². The number of carbonyl (C=O) groups is 1. The van der Waals surface area contributed by atoms with Gasteiger partial charge in [-0.15, -0.1) is 0 Å². The summed E-state index contributed by atoms with van der Waals surface area (Å²) in [6.45, 7) is 1.92. The molecule has 7 heteroatoms. The quantitative estimate of drug-likeness (QED) is 0.697. The Balaban J connectivity index is 1.79. The van der Waals surface area contributed by atoms with E-state index in [9.17, 15) is 4.79 Å². The van der Waals surface area contributed by atoms with Crippen LogP contribution in [0.25, 0.3) is 0 Å². The first-order chi connectivity index (χ1) is 13.1. The fourth-order valence-electron chi connectivity index (χ4n) is 2.55. The summed E-state index contributed by atoms with van der Waals surface area (Å²) >= 11 is 0. The van der Waals surface area contributed by atoms with Crippen LogP contribution >= 0.6 is 0 Å². The number of carbonyl (C=O) groups excluding carboxylic acids is 1. The summed E-state index contributed by atoms with van der Waals surface area (Å²) < 4.78 is 7.38. The van der Waals surface area contributed by atoms with Crippen molar-refractivity contribution in [3.8, 4) is 11.8 Å². The second-order valence-corrected chi connectivity index (χ2v) is 5.90. The van der Waals surface area contributed by atoms with Gasteiger partial charge in [0.1, 0.15) is 18.1 Å². The van der Waals surface area contributed by atoms with Gasteiger partial charge in [0, 0.05) is 30.7 Å². The molecule has 2 amide bonds. The van der Waals surface area contributed by atoms with Crippen LogP contribution in [0.3, 0.4) is 0 Å². The van der Waals surface area contributed by atoms with Gasteiger partial charge in [0.2, 0.25) is 5.95 Å². The third-order valence-electron chi connectivity index (χ3n) is 3.84. The van der Waals surface area contributed by atoms with E-state index in [1.165, 1.54) is 4.90 Å². The maximum Gasteiger partial charge on any atom is 0.329 e. The number of benzene rings is 1. The van der Waals surface area contributed by atoms with E-state index < -0.39 is 0 Å². The molecule has 3 rings (SSSR count). The Bertz CT molecular complexity index is 977. The van der Waals surface area contributed by atoms with Gasteiger partial charge in [-0.25, -0.2) is 9.78 Å². The van der Waals surface area contributed by atoms with Crippen LogP contribution in [0.4, 0.5) is 16.4 Å². The van der Waals surface area contributed by atoms with Crippen LogP contribution in [0, 0.1) is 18.8 Å². The zero-order valence-corrected chi connectivity index (χ0v) is 15.1. The number of hydrogen-bond acceptors (Lipinski definition) is 4. The molecule has 0 unspecified atom stereocenters. The Morgan fingerprint density at radius 1 is 1.30 bits per heavy atom. The molecule has 2 heterocycles. The number of aliphatic hydroxyl groups is 1. The predicted octanol–water partition coefficient (Wildman–Crippen LogP) is 2.90. The highest BCUT2D eigenvalue weighted by Crippen LogP contribution is 2.18. The Kier molecular flexibility index (Phi) is 5.59. The summed E-state index contributed by atoms with van der Waals surface area (Å²) in [4.78, 5) is 18.7. The van der Waals surface area contributed by atoms with E-state index in [1.807, 2.05) is 26.1 Å². The molecule has 2 N–H and O–H groups in total. The Morgan fingerprint density at radius 2 is 2.07 bits per heavy atom. The van der Waals surface area contributed by atoms with Crippen LogP contribution in [-0.4, -0.2) is 27.3 Å². The lowest BCUT2D eigenvalue weighted by molar-refractivity contribution is 0.255. The number of imidazole rings is 1. The Labute approximate surface area is 157 Å². The molecule has 0 spiro atoms. The van der Waals surface area contributed by atoms with Crippen LogP contribution < -0.4 is 10.2 Å². The highest BCUT2D eigenvalue weighted by Gasteiger charge is 2.21. The van der Waals surface area contributed by atoms with E-state index in [4.69, 9.17) is 9.52 Å². The molecular formula is C20H20N4O3. The van der Waals surface area contributed by atoms with Crippen molar-refractivity contribution >= 4 is 17.7 Å². The summed E-state index contributed by atoms with van der Waals surface area (Å²) in [6, 6.07) is 10.4. The fourth-order valence-corrected chi connectivity index (χ4v) is 2.55. The van der Waals surface area contributed by atoms with Crippen molar-refractivity contribution in [2.75, 3.05) is 16.8 Å². The molecule has 0 aliphatic heterocycles. The summed E-state index contributed by atoms with van der Waals surface area (Å²) in [5.74, 6) is 7.35. The first-order valence-electron chi connectivity index (χ1n) is 8.38. The molecule has 7 nitrogen and oxygen atoms in total. The first-order valence-corrected chi connectivity index (χ1v) is 8.38. The molecule has 0 saturated carbocycles. The van der Waals surface area contributed by atoms with Crippen LogP contribution in [0.1, 0.15) is 17.1 Å². The lowest BCUT2D eigenvalue weighted by Crippen LogP contribution is -2.36. The minimum absolute atomic E-state index is 0.191. The van der Waals surface area contributed by atoms with Crippen LogP contribution in [0.5, 0.6) is 0 Å². The number of urea groups is 1. The van der Waals surface area contributed by atoms with E-state index in [-0.39, 0.29) is 19.2 Å². The average molecular weight is 364 g/mol. The molecule has 0 bridgehead atoms. The maximum absolute atomic E-state index is 12.9. The molecule has 0 radical (unpaired) electrons. The minimum Gasteiger partial charge on any atom is -0.464 e. The number of aryl methyl sites for hydroxylation is 2. The molecule has 0 fully saturated rings. The smallest absolute Gasteiger partial charge is 0.329 e. The number of hydrogen-bond donors (Lipinski definition) is 2. The van der Waals surface area contributed by atoms with Gasteiger partial charge in [0.15, 0.2) is 0 Å². The molecule has 1 aromatic carbocycles. The second-order valence-electron chi connectivity index (χ2n) is 5.90. The normalized spacial score (nSPS) is 10.2. The summed E-state index contributed by atoms with van der Waals surface area (Å²) in [6.07, 6.45) is 3.41. The van der Waals surface area contributed by atoms with Crippen molar-refractivity contribution in [2.45, 2.75) is 13.5 Å². The molecule has 0 saturated heterocycles. The third kappa shape index (κ3) is 4.57. The monoisotopic (exact) mass is 364 g/mol. The highest BCUT2D eigenvalue weighted by atomic mass is 16.3. The third-order valence-corrected chi connectivity index (χ3v) is 3.84. The standard InChI is InChI=1S/C20H20N4O3/c1-15-5-10-18(27-15)14-24(19-21-11-12-23(19)2)20(26)22-17-8-6-16(7-9-17)4-3-13-25/h5-12,25H,13-14H2,1-2H3,(H,22,26). The van der Waals surface area contributed by atoms with E-state index in [0.717, 1.165) is 11.3 Å². The zero-order chi connectivity index (χ0) is 19.2. The van der Waals surface area contributed by atoms with Crippen molar-refractivity contribution in [1.29, 1.82) is 0 Å². The number of amides is 2. The largest absolute Gasteiger partial charge is 0.464 e. The number of nitrogens with one attached hydrogen (secondary N) is 1. The van der Waals surface area contributed by atoms with Crippen LogP contribution in [0.2, 0.25) is 0 Å². The first kappa shape index (κ1) is 18.3. The highest BCUT2D eigenvalue weighted by molar-refractivity contribution is 6.00. The van der Waals surface area contributed by atoms with Gasteiger partial charge in [-0.3, -0.25) is 4.90 Å². The number of aromatic nitrogens is 2. The number of aliphatic hydroxyl groups excluding tert-OH is 1. The van der Waals surface area contributed by atoms with Crippen molar-refractivity contribution in [3.63, 3.8) is 0 Å². The molecule has 27 heavy (non-hydrogen) atoms. The predicted molar refractivity (Wildman–Crippen MR) is 102 cm³/mol. The summed E-state index contributed by atoms with van der Waals surface area (Å²) in [7, 11) is 1.82. The van der Waals surface area contributed by atoms with Gasteiger partial charge < -0.3 is 19.4 Å². The molecule has 0 aliphatic rings.